The second-order valence-electron chi connectivity index (χ2n) is 6.22. The SMILES string of the molecule is Cc1ccnc(N2C(=O)c3ccc(C(=O)Nc4ccccc4)cc3C2=O)c1. The van der Waals surface area contributed by atoms with Crippen LogP contribution in [0.1, 0.15) is 36.6 Å². The van der Waals surface area contributed by atoms with E-state index in [1.807, 2.05) is 25.1 Å². The molecule has 3 aromatic rings. The number of nitrogens with one attached hydrogen (secondary N) is 1. The van der Waals surface area contributed by atoms with E-state index < -0.39 is 11.8 Å². The van der Waals surface area contributed by atoms with E-state index in [9.17, 15) is 14.4 Å². The molecule has 1 aromatic heterocycles. The highest BCUT2D eigenvalue weighted by molar-refractivity contribution is 6.34. The van der Waals surface area contributed by atoms with Gasteiger partial charge in [0.05, 0.1) is 11.1 Å². The smallest absolute Gasteiger partial charge is 0.267 e. The number of rotatable bonds is 3. The minimum Gasteiger partial charge on any atom is -0.322 e. The minimum absolute atomic E-state index is 0.198. The van der Waals surface area contributed by atoms with Crippen molar-refractivity contribution in [1.29, 1.82) is 0 Å². The lowest BCUT2D eigenvalue weighted by Gasteiger charge is -2.12. The van der Waals surface area contributed by atoms with Gasteiger partial charge in [0, 0.05) is 17.4 Å². The quantitative estimate of drug-likeness (QED) is 0.728. The van der Waals surface area contributed by atoms with Crippen molar-refractivity contribution in [2.75, 3.05) is 10.2 Å². The maximum atomic E-state index is 12.8. The van der Waals surface area contributed by atoms with Gasteiger partial charge in [-0.3, -0.25) is 14.4 Å². The van der Waals surface area contributed by atoms with Crippen LogP contribution >= 0.6 is 0 Å². The normalized spacial score (nSPS) is 12.9. The number of nitrogens with zero attached hydrogens (tertiary/aromatic N) is 2. The summed E-state index contributed by atoms with van der Waals surface area (Å²) >= 11 is 0. The Balaban J connectivity index is 1.65. The molecule has 1 aliphatic rings. The zero-order chi connectivity index (χ0) is 19.0. The van der Waals surface area contributed by atoms with E-state index in [2.05, 4.69) is 10.3 Å². The Labute approximate surface area is 155 Å². The molecule has 27 heavy (non-hydrogen) atoms. The van der Waals surface area contributed by atoms with E-state index >= 15 is 0 Å². The molecular formula is C21H15N3O3. The van der Waals surface area contributed by atoms with Crippen LogP contribution < -0.4 is 10.2 Å². The largest absolute Gasteiger partial charge is 0.322 e. The zero-order valence-corrected chi connectivity index (χ0v) is 14.5. The van der Waals surface area contributed by atoms with E-state index in [0.717, 1.165) is 10.5 Å². The Morgan fingerprint density at radius 3 is 2.41 bits per heavy atom. The van der Waals surface area contributed by atoms with Crippen LogP contribution in [0.15, 0.2) is 66.9 Å². The number of amides is 3. The van der Waals surface area contributed by atoms with Crippen molar-refractivity contribution in [3.05, 3.63) is 89.1 Å². The van der Waals surface area contributed by atoms with E-state index in [1.165, 1.54) is 18.2 Å². The number of fused-ring (bicyclic) bond motifs is 1. The number of imide groups is 1. The monoisotopic (exact) mass is 357 g/mol. The molecule has 0 bridgehead atoms. The maximum Gasteiger partial charge on any atom is 0.267 e. The summed E-state index contributed by atoms with van der Waals surface area (Å²) in [6.07, 6.45) is 1.55. The van der Waals surface area contributed by atoms with Gasteiger partial charge in [0.15, 0.2) is 0 Å². The van der Waals surface area contributed by atoms with Crippen LogP contribution in [0.2, 0.25) is 0 Å². The van der Waals surface area contributed by atoms with E-state index in [4.69, 9.17) is 0 Å². The predicted octanol–water partition coefficient (Wildman–Crippen LogP) is 3.44. The van der Waals surface area contributed by atoms with E-state index in [-0.39, 0.29) is 22.9 Å². The summed E-state index contributed by atoms with van der Waals surface area (Å²) in [6, 6.07) is 17.0. The summed E-state index contributed by atoms with van der Waals surface area (Å²) in [5.74, 6) is -1.00. The molecule has 4 rings (SSSR count). The number of carbonyl (C=O) groups excluding carboxylic acids is 3. The highest BCUT2D eigenvalue weighted by Crippen LogP contribution is 2.28. The van der Waals surface area contributed by atoms with Crippen molar-refractivity contribution in [3.8, 4) is 0 Å². The molecule has 3 amide bonds. The van der Waals surface area contributed by atoms with Crippen molar-refractivity contribution in [1.82, 2.24) is 4.98 Å². The molecule has 0 radical (unpaired) electrons. The summed E-state index contributed by atoms with van der Waals surface area (Å²) in [5.41, 5.74) is 2.30. The zero-order valence-electron chi connectivity index (χ0n) is 14.5. The molecule has 0 fully saturated rings. The van der Waals surface area contributed by atoms with Crippen LogP contribution in [0.4, 0.5) is 11.5 Å². The first-order chi connectivity index (χ1) is 13.0. The number of anilines is 2. The number of carbonyl (C=O) groups is 3. The summed E-state index contributed by atoms with van der Waals surface area (Å²) < 4.78 is 0. The van der Waals surface area contributed by atoms with Gasteiger partial charge in [0.1, 0.15) is 5.82 Å². The maximum absolute atomic E-state index is 12.8. The molecule has 0 saturated carbocycles. The summed E-state index contributed by atoms with van der Waals surface area (Å²) in [5, 5.41) is 2.76. The van der Waals surface area contributed by atoms with Crippen molar-refractivity contribution in [2.45, 2.75) is 6.92 Å². The van der Waals surface area contributed by atoms with Gasteiger partial charge in [0.25, 0.3) is 17.7 Å². The van der Waals surface area contributed by atoms with Gasteiger partial charge >= 0.3 is 0 Å². The molecule has 0 unspecified atom stereocenters. The van der Waals surface area contributed by atoms with Crippen LogP contribution in [-0.2, 0) is 0 Å². The summed E-state index contributed by atoms with van der Waals surface area (Å²) in [6.45, 7) is 1.86. The van der Waals surface area contributed by atoms with Gasteiger partial charge in [0.2, 0.25) is 0 Å². The van der Waals surface area contributed by atoms with Gasteiger partial charge in [-0.2, -0.15) is 0 Å². The molecule has 2 heterocycles. The van der Waals surface area contributed by atoms with Crippen molar-refractivity contribution >= 4 is 29.2 Å². The topological polar surface area (TPSA) is 79.4 Å². The fourth-order valence-corrected chi connectivity index (χ4v) is 2.96. The number of pyridine rings is 1. The van der Waals surface area contributed by atoms with Crippen LogP contribution in [0.25, 0.3) is 0 Å². The number of para-hydroxylation sites is 1. The number of aryl methyl sites for hydroxylation is 1. The molecule has 2 aromatic carbocycles. The number of benzene rings is 2. The number of hydrogen-bond donors (Lipinski definition) is 1. The standard InChI is InChI=1S/C21H15N3O3/c1-13-9-10-22-18(11-13)24-20(26)16-8-7-14(12-17(16)21(24)27)19(25)23-15-5-3-2-4-6-15/h2-12H,1H3,(H,23,25). The number of aromatic nitrogens is 1. The fourth-order valence-electron chi connectivity index (χ4n) is 2.96. The fraction of sp³-hybridized carbons (Fsp3) is 0.0476. The lowest BCUT2D eigenvalue weighted by molar-refractivity contribution is 0.0924. The third-order valence-corrected chi connectivity index (χ3v) is 4.31. The third kappa shape index (κ3) is 2.97. The summed E-state index contributed by atoms with van der Waals surface area (Å²) in [4.78, 5) is 43.1. The first kappa shape index (κ1) is 16.7. The van der Waals surface area contributed by atoms with Gasteiger partial charge in [-0.25, -0.2) is 9.88 Å². The molecule has 0 spiro atoms. The third-order valence-electron chi connectivity index (χ3n) is 4.31. The molecule has 1 aliphatic heterocycles. The first-order valence-electron chi connectivity index (χ1n) is 8.36. The first-order valence-corrected chi connectivity index (χ1v) is 8.36. The highest BCUT2D eigenvalue weighted by Gasteiger charge is 2.37. The van der Waals surface area contributed by atoms with Crippen LogP contribution in [-0.4, -0.2) is 22.7 Å². The van der Waals surface area contributed by atoms with Gasteiger partial charge < -0.3 is 5.32 Å². The van der Waals surface area contributed by atoms with Gasteiger partial charge in [-0.1, -0.05) is 18.2 Å². The molecule has 1 N–H and O–H groups in total. The Morgan fingerprint density at radius 2 is 1.67 bits per heavy atom. The molecule has 0 saturated heterocycles. The minimum atomic E-state index is -0.484. The predicted molar refractivity (Wildman–Crippen MR) is 101 cm³/mol. The molecule has 0 aliphatic carbocycles. The highest BCUT2D eigenvalue weighted by atomic mass is 16.2. The van der Waals surface area contributed by atoms with Crippen molar-refractivity contribution in [2.24, 2.45) is 0 Å². The Morgan fingerprint density at radius 1 is 0.926 bits per heavy atom. The van der Waals surface area contributed by atoms with Crippen molar-refractivity contribution in [3.63, 3.8) is 0 Å². The lowest BCUT2D eigenvalue weighted by atomic mass is 10.1. The molecule has 6 heteroatoms. The van der Waals surface area contributed by atoms with Crippen molar-refractivity contribution < 1.29 is 14.4 Å². The van der Waals surface area contributed by atoms with Crippen LogP contribution in [0, 0.1) is 6.92 Å². The average Bonchev–Trinajstić information content (AvgIpc) is 2.92. The Hall–Kier alpha value is -3.80. The van der Waals surface area contributed by atoms with Crippen LogP contribution in [0.3, 0.4) is 0 Å². The van der Waals surface area contributed by atoms with E-state index in [0.29, 0.717) is 11.3 Å². The average molecular weight is 357 g/mol. The van der Waals surface area contributed by atoms with Gasteiger partial charge in [-0.15, -0.1) is 0 Å². The van der Waals surface area contributed by atoms with E-state index in [1.54, 1.807) is 30.5 Å². The second kappa shape index (κ2) is 6.49. The molecule has 0 atom stereocenters. The number of hydrogen-bond acceptors (Lipinski definition) is 4. The Kier molecular flexibility index (Phi) is 4.01. The molecule has 132 valence electrons. The van der Waals surface area contributed by atoms with Gasteiger partial charge in [-0.05, 0) is 55.0 Å². The molecule has 6 nitrogen and oxygen atoms in total. The Bertz CT molecular complexity index is 1080. The summed E-state index contributed by atoms with van der Waals surface area (Å²) in [7, 11) is 0. The van der Waals surface area contributed by atoms with Crippen LogP contribution in [0.5, 0.6) is 0 Å². The molecular weight excluding hydrogens is 342 g/mol. The lowest BCUT2D eigenvalue weighted by Crippen LogP contribution is -2.30. The second-order valence-corrected chi connectivity index (χ2v) is 6.22.